The molecule has 0 bridgehead atoms. The third-order valence-electron chi connectivity index (χ3n) is 21.4. The number of hydrogen-bond acceptors (Lipinski definition) is 16. The van der Waals surface area contributed by atoms with Crippen LogP contribution in [0.3, 0.4) is 0 Å². The van der Waals surface area contributed by atoms with Gasteiger partial charge in [-0.1, -0.05) is 218 Å². The molecule has 0 radical (unpaired) electrons. The molecule has 1 saturated heterocycles. The minimum atomic E-state index is -4.53. The van der Waals surface area contributed by atoms with Gasteiger partial charge < -0.3 is 38.6 Å². The van der Waals surface area contributed by atoms with Crippen LogP contribution in [0.1, 0.15) is 260 Å². The number of phenols is 3. The number of rotatable bonds is 22. The Morgan fingerprint density at radius 3 is 1.10 bits per heavy atom. The molecule has 9 aromatic carbocycles. The number of amides is 2. The maximum Gasteiger partial charge on any atom is 0.344 e. The van der Waals surface area contributed by atoms with E-state index in [0.717, 1.165) is 72.4 Å². The SMILES string of the molecule is CC1C(=O)N(c2ccc(S(=O)(=O)[O-])cc2)C(=O)C1C.CCC(C)(C)C(=O)OC(C)(C)C.CCC(C)c1ccc(O)cc1.CCC(C)c1ccc(O)cc1.CCC(C)c1ccc(OCC(=O)OC(C)(C)C2CCCC2)cc1.CCC(C)c1ccc(S(=O)(=O)[O-])cc1.CCC(C)c1ccccc1.Oc1ccc([SH+]c2ccccc2)cc1.[SH2+]c1ccccc1. The van der Waals surface area contributed by atoms with Crippen LogP contribution in [0.4, 0.5) is 5.69 Å². The van der Waals surface area contributed by atoms with E-state index in [1.807, 2.05) is 152 Å². The number of carbonyl (C=O) groups excluding carboxylic acids is 4. The van der Waals surface area contributed by atoms with Crippen molar-refractivity contribution in [3.63, 3.8) is 0 Å². The van der Waals surface area contributed by atoms with Crippen molar-refractivity contribution in [2.45, 2.75) is 268 Å². The minimum Gasteiger partial charge on any atom is -0.744 e. The van der Waals surface area contributed by atoms with Crippen LogP contribution < -0.4 is 9.64 Å². The Morgan fingerprint density at radius 1 is 0.455 bits per heavy atom. The molecule has 1 heterocycles. The van der Waals surface area contributed by atoms with Crippen LogP contribution in [-0.2, 0) is 73.3 Å². The van der Waals surface area contributed by atoms with Crippen molar-refractivity contribution in [1.82, 2.24) is 0 Å². The van der Waals surface area contributed by atoms with Gasteiger partial charge in [-0.2, -0.15) is 0 Å². The van der Waals surface area contributed by atoms with Gasteiger partial charge in [-0.25, -0.2) is 21.6 Å². The van der Waals surface area contributed by atoms with Crippen molar-refractivity contribution < 1.29 is 74.6 Å². The average molecular weight is 1740 g/mol. The lowest BCUT2D eigenvalue weighted by Crippen LogP contribution is -2.37. The standard InChI is InChI=1S/C20H30O3.C12H13NO5S.C12H10OS.C10H14O3S.C10H20O2.2C10H14O.C10H14.C6H6S/c1-5-15(2)16-10-12-18(13-11-16)22-14-19(21)23-20(3,4)17-8-6-7-9-17;1-7-8(2)12(15)13(11(7)14)9-3-5-10(6-4-9)19(16,17)18;13-10-6-8-12(9-7-10)14-11-4-2-1-3-5-11;1-3-8(2)9-4-6-10(7-5-9)14(11,12)13;1-7-10(5,6)8(11)12-9(2,3)4;2*1-3-8(2)9-4-6-10(11)7-5-9;1-3-9(2)10-7-5-4-6-8-10;7-6-4-2-1-3-5-6/h10-13,15,17H,5-9,14H2,1-4H3;3-8H,1-2H3,(H,16,17,18);1-9,13H;4-8H,3H2,1-2H3,(H,11,12,13);7H2,1-6H3;2*4-8,11H,3H2,1-2H3;4-9H,3H2,1-2H3;1-5,7H. The van der Waals surface area contributed by atoms with Crippen LogP contribution in [0.5, 0.6) is 23.0 Å². The molecule has 1 aliphatic carbocycles. The highest BCUT2D eigenvalue weighted by atomic mass is 32.2. The van der Waals surface area contributed by atoms with Crippen LogP contribution in [-0.4, -0.2) is 82.8 Å². The summed E-state index contributed by atoms with van der Waals surface area (Å²) < 4.78 is 80.8. The van der Waals surface area contributed by atoms with Gasteiger partial charge in [-0.3, -0.25) is 19.3 Å². The Labute approximate surface area is 733 Å². The summed E-state index contributed by atoms with van der Waals surface area (Å²) in [6.07, 6.45) is 11.2. The van der Waals surface area contributed by atoms with Gasteiger partial charge in [-0.15, -0.1) is 0 Å². The van der Waals surface area contributed by atoms with Crippen LogP contribution in [0, 0.1) is 23.2 Å². The number of imide groups is 1. The molecule has 121 heavy (non-hydrogen) atoms. The molecule has 2 amide bonds. The largest absolute Gasteiger partial charge is 0.744 e. The predicted octanol–water partition coefficient (Wildman–Crippen LogP) is 23.4. The van der Waals surface area contributed by atoms with Crippen molar-refractivity contribution in [2.24, 2.45) is 23.2 Å². The van der Waals surface area contributed by atoms with Gasteiger partial charge in [0.15, 0.2) is 16.4 Å². The number of nitrogens with zero attached hydrogens (tertiary/aromatic N) is 1. The number of aromatic hydroxyl groups is 3. The first-order valence-corrected chi connectivity index (χ1v) is 46.2. The Kier molecular flexibility index (Phi) is 46.4. The van der Waals surface area contributed by atoms with E-state index < -0.39 is 42.6 Å². The molecule has 17 nitrogen and oxygen atoms in total. The number of thiol groups is 1. The van der Waals surface area contributed by atoms with Crippen LogP contribution in [0.25, 0.3) is 0 Å². The molecule has 0 spiro atoms. The molecule has 1 aliphatic heterocycles. The van der Waals surface area contributed by atoms with Gasteiger partial charge in [0, 0.05) is 23.6 Å². The third-order valence-corrected chi connectivity index (χ3v) is 24.6. The summed E-state index contributed by atoms with van der Waals surface area (Å²) in [5.74, 6) is 3.16. The summed E-state index contributed by atoms with van der Waals surface area (Å²) in [5.41, 5.74) is 5.55. The van der Waals surface area contributed by atoms with Gasteiger partial charge in [-0.05, 0) is 297 Å². The summed E-state index contributed by atoms with van der Waals surface area (Å²) in [5, 5.41) is 27.1. The lowest BCUT2D eigenvalue weighted by molar-refractivity contribution is -0.166. The molecule has 3 N–H and O–H groups in total. The summed E-state index contributed by atoms with van der Waals surface area (Å²) in [4.78, 5) is 51.5. The zero-order chi connectivity index (χ0) is 90.8. The Hall–Kier alpha value is -9.22. The van der Waals surface area contributed by atoms with Gasteiger partial charge in [0.25, 0.3) is 0 Å². The zero-order valence-electron chi connectivity index (χ0n) is 74.8. The summed E-state index contributed by atoms with van der Waals surface area (Å²) in [7, 11) is -8.83. The Morgan fingerprint density at radius 2 is 0.769 bits per heavy atom. The molecule has 2 fully saturated rings. The molecule has 21 heteroatoms. The van der Waals surface area contributed by atoms with Crippen molar-refractivity contribution in [3.05, 3.63) is 264 Å². The Bertz CT molecular complexity index is 4600. The second-order valence-electron chi connectivity index (χ2n) is 32.7. The molecule has 7 atom stereocenters. The van der Waals surface area contributed by atoms with Crippen molar-refractivity contribution in [3.8, 4) is 23.0 Å². The van der Waals surface area contributed by atoms with Crippen molar-refractivity contribution in [1.29, 1.82) is 0 Å². The molecule has 660 valence electrons. The van der Waals surface area contributed by atoms with Gasteiger partial charge in [0.2, 0.25) is 11.8 Å². The van der Waals surface area contributed by atoms with Gasteiger partial charge in [0.1, 0.15) is 59.3 Å². The number of ether oxygens (including phenoxy) is 3. The highest BCUT2D eigenvalue weighted by Crippen LogP contribution is 2.37. The number of carbonyl (C=O) groups is 4. The number of benzene rings is 9. The van der Waals surface area contributed by atoms with E-state index in [2.05, 4.69) is 136 Å². The van der Waals surface area contributed by atoms with E-state index in [-0.39, 0.29) is 52.0 Å². The highest BCUT2D eigenvalue weighted by Gasteiger charge is 2.43. The molecule has 9 aromatic rings. The van der Waals surface area contributed by atoms with E-state index in [9.17, 15) is 45.1 Å². The number of hydrogen-bond donors (Lipinski definition) is 3. The fourth-order valence-corrected chi connectivity index (χ4v) is 13.8. The molecule has 1 saturated carbocycles. The average Bonchev–Trinajstić information content (AvgIpc) is 1.65. The zero-order valence-corrected chi connectivity index (χ0v) is 78.3. The number of phenolic OH excluding ortho intramolecular Hbond substituents is 3. The summed E-state index contributed by atoms with van der Waals surface area (Å²) in [6, 6.07) is 71.8. The van der Waals surface area contributed by atoms with Crippen LogP contribution >= 0.6 is 0 Å². The molecular weight excluding hydrogens is 1600 g/mol. The summed E-state index contributed by atoms with van der Waals surface area (Å²) >= 11 is 4.53. The van der Waals surface area contributed by atoms with E-state index in [1.54, 1.807) is 62.4 Å². The smallest absolute Gasteiger partial charge is 0.344 e. The number of esters is 2. The monoisotopic (exact) mass is 1730 g/mol. The second kappa shape index (κ2) is 53.0. The van der Waals surface area contributed by atoms with Crippen molar-refractivity contribution >= 4 is 74.1 Å². The molecule has 0 aromatic heterocycles. The van der Waals surface area contributed by atoms with Gasteiger partial charge >= 0.3 is 11.9 Å². The Balaban J connectivity index is 0.000000358. The van der Waals surface area contributed by atoms with Crippen molar-refractivity contribution in [2.75, 3.05) is 11.5 Å². The fraction of sp³-hybridized carbons (Fsp3) is 0.420. The van der Waals surface area contributed by atoms with Gasteiger partial charge in [0.05, 0.1) is 20.9 Å². The first kappa shape index (κ1) is 106. The fourth-order valence-electron chi connectivity index (χ4n) is 11.7. The minimum absolute atomic E-state index is 0.0289. The molecule has 2 aliphatic rings. The van der Waals surface area contributed by atoms with E-state index in [4.69, 9.17) is 29.5 Å². The predicted molar refractivity (Wildman–Crippen MR) is 495 cm³/mol. The molecule has 11 rings (SSSR count). The van der Waals surface area contributed by atoms with E-state index >= 15 is 0 Å². The first-order valence-electron chi connectivity index (χ1n) is 42.0. The lowest BCUT2D eigenvalue weighted by Gasteiger charge is -2.31. The topological polar surface area (TPSA) is 274 Å². The van der Waals surface area contributed by atoms with Crippen LogP contribution in [0.15, 0.2) is 261 Å². The normalized spacial score (nSPS) is 15.0. The van der Waals surface area contributed by atoms with E-state index in [1.165, 1.54) is 87.3 Å². The maximum atomic E-state index is 12.1. The lowest BCUT2D eigenvalue weighted by atomic mass is 9.89. The van der Waals surface area contributed by atoms with Crippen LogP contribution in [0.2, 0.25) is 0 Å². The maximum absolute atomic E-state index is 12.1. The second-order valence-corrected chi connectivity index (χ2v) is 37.3. The third kappa shape index (κ3) is 39.7. The summed E-state index contributed by atoms with van der Waals surface area (Å²) in [6.45, 7) is 40.5. The molecular formula is C100H135NO16S4. The number of anilines is 1. The first-order chi connectivity index (χ1) is 56.8. The van der Waals surface area contributed by atoms with E-state index in [0.29, 0.717) is 58.5 Å². The quantitative estimate of drug-likeness (QED) is 0.0187. The highest BCUT2D eigenvalue weighted by molar-refractivity contribution is 7.86. The molecule has 7 unspecified atom stereocenters.